The molecule has 5 nitrogen and oxygen atoms in total. The number of sulfonamides is 1. The second-order valence-electron chi connectivity index (χ2n) is 7.80. The van der Waals surface area contributed by atoms with Gasteiger partial charge in [0.15, 0.2) is 0 Å². The van der Waals surface area contributed by atoms with E-state index in [0.29, 0.717) is 13.1 Å². The van der Waals surface area contributed by atoms with E-state index in [4.69, 9.17) is 0 Å². The van der Waals surface area contributed by atoms with Gasteiger partial charge >= 0.3 is 6.36 Å². The molecule has 0 unspecified atom stereocenters. The third kappa shape index (κ3) is 5.40. The lowest BCUT2D eigenvalue weighted by molar-refractivity contribution is -0.275. The molecule has 0 amide bonds. The number of ether oxygens (including phenoxy) is 1. The Morgan fingerprint density at radius 1 is 0.765 bits per heavy atom. The van der Waals surface area contributed by atoms with E-state index in [1.165, 1.54) is 24.3 Å². The lowest BCUT2D eigenvalue weighted by Gasteiger charge is -2.39. The Labute approximate surface area is 195 Å². The lowest BCUT2D eigenvalue weighted by Crippen LogP contribution is -2.49. The molecule has 0 radical (unpaired) electrons. The van der Waals surface area contributed by atoms with E-state index in [-0.39, 0.29) is 24.9 Å². The topological polar surface area (TPSA) is 49.9 Å². The summed E-state index contributed by atoms with van der Waals surface area (Å²) in [5.74, 6) is -1.11. The van der Waals surface area contributed by atoms with E-state index in [1.807, 2.05) is 30.3 Å². The van der Waals surface area contributed by atoms with Gasteiger partial charge in [0.25, 0.3) is 0 Å². The number of para-hydroxylation sites is 1. The number of halogens is 4. The first-order valence-electron chi connectivity index (χ1n) is 10.5. The van der Waals surface area contributed by atoms with E-state index >= 15 is 0 Å². The third-order valence-corrected chi connectivity index (χ3v) is 7.57. The Bertz CT molecular complexity index is 1210. The highest BCUT2D eigenvalue weighted by molar-refractivity contribution is 7.89. The summed E-state index contributed by atoms with van der Waals surface area (Å²) in [6, 6.07) is 20.2. The van der Waals surface area contributed by atoms with Gasteiger partial charge in [-0.05, 0) is 35.4 Å². The van der Waals surface area contributed by atoms with E-state index in [0.717, 1.165) is 27.6 Å². The van der Waals surface area contributed by atoms with Crippen LogP contribution in [0, 0.1) is 5.82 Å². The average molecular weight is 495 g/mol. The van der Waals surface area contributed by atoms with Gasteiger partial charge in [-0.2, -0.15) is 4.31 Å². The minimum absolute atomic E-state index is 0.0766. The molecule has 1 fully saturated rings. The highest BCUT2D eigenvalue weighted by Gasteiger charge is 2.37. The largest absolute Gasteiger partial charge is 0.573 e. The zero-order valence-corrected chi connectivity index (χ0v) is 18.8. The van der Waals surface area contributed by atoms with Crippen LogP contribution in [0.15, 0.2) is 83.8 Å². The maximum absolute atomic E-state index is 13.5. The van der Waals surface area contributed by atoms with Crippen LogP contribution in [0.4, 0.5) is 17.6 Å². The van der Waals surface area contributed by atoms with Crippen molar-refractivity contribution in [1.29, 1.82) is 0 Å². The number of benzene rings is 3. The van der Waals surface area contributed by atoms with Crippen LogP contribution in [0.2, 0.25) is 0 Å². The van der Waals surface area contributed by atoms with Crippen LogP contribution in [0.25, 0.3) is 0 Å². The summed E-state index contributed by atoms with van der Waals surface area (Å²) < 4.78 is 83.3. The van der Waals surface area contributed by atoms with Crippen molar-refractivity contribution in [3.63, 3.8) is 0 Å². The minimum Gasteiger partial charge on any atom is -0.404 e. The molecule has 1 aliphatic rings. The normalized spacial score (nSPS) is 16.8. The van der Waals surface area contributed by atoms with E-state index in [2.05, 4.69) is 9.64 Å². The fraction of sp³-hybridized carbons (Fsp3) is 0.250. The van der Waals surface area contributed by atoms with Crippen molar-refractivity contribution >= 4 is 10.0 Å². The van der Waals surface area contributed by atoms with Gasteiger partial charge in [-0.3, -0.25) is 4.90 Å². The summed E-state index contributed by atoms with van der Waals surface area (Å²) in [6.07, 6.45) is -5.01. The molecular weight excluding hydrogens is 472 g/mol. The first-order chi connectivity index (χ1) is 16.1. The highest BCUT2D eigenvalue weighted by Crippen LogP contribution is 2.34. The molecule has 0 aliphatic carbocycles. The Hall–Kier alpha value is -2.95. The first kappa shape index (κ1) is 24.2. The quantitative estimate of drug-likeness (QED) is 0.461. The van der Waals surface area contributed by atoms with Crippen LogP contribution < -0.4 is 4.74 Å². The molecule has 3 aromatic rings. The summed E-state index contributed by atoms with van der Waals surface area (Å²) in [6.45, 7) is 0.817. The molecule has 0 spiro atoms. The van der Waals surface area contributed by atoms with Gasteiger partial charge in [-0.25, -0.2) is 12.8 Å². The molecule has 0 aromatic heterocycles. The van der Waals surface area contributed by atoms with Gasteiger partial charge < -0.3 is 4.74 Å². The van der Waals surface area contributed by atoms with E-state index in [9.17, 15) is 26.0 Å². The number of piperazine rings is 1. The average Bonchev–Trinajstić information content (AvgIpc) is 2.81. The number of hydrogen-bond acceptors (Lipinski definition) is 4. The SMILES string of the molecule is O=S(=O)(c1ccccc1OC(F)(F)F)N1CCN([C@H](c2ccccc2)c2ccc(F)cc2)CC1. The second-order valence-corrected chi connectivity index (χ2v) is 9.71. The Balaban J connectivity index is 1.57. The molecule has 10 heteroatoms. The summed E-state index contributed by atoms with van der Waals surface area (Å²) in [7, 11) is -4.22. The summed E-state index contributed by atoms with van der Waals surface area (Å²) in [4.78, 5) is 1.55. The molecule has 1 aliphatic heterocycles. The fourth-order valence-corrected chi connectivity index (χ4v) is 5.64. The van der Waals surface area contributed by atoms with Crippen LogP contribution >= 0.6 is 0 Å². The van der Waals surface area contributed by atoms with Crippen molar-refractivity contribution in [1.82, 2.24) is 9.21 Å². The fourth-order valence-electron chi connectivity index (χ4n) is 4.11. The standard InChI is InChI=1S/C24H22F4N2O3S/c25-20-12-10-19(11-13-20)23(18-6-2-1-3-7-18)29-14-16-30(17-15-29)34(31,32)22-9-5-4-8-21(22)33-24(26,27)28/h1-13,23H,14-17H2/t23-/m1/s1. The number of hydrogen-bond donors (Lipinski definition) is 0. The molecule has 1 heterocycles. The van der Waals surface area contributed by atoms with Gasteiger partial charge in [0.1, 0.15) is 16.5 Å². The predicted octanol–water partition coefficient (Wildman–Crippen LogP) is 4.82. The van der Waals surface area contributed by atoms with Crippen molar-refractivity contribution in [2.75, 3.05) is 26.2 Å². The van der Waals surface area contributed by atoms with Gasteiger partial charge in [0.05, 0.1) is 6.04 Å². The highest BCUT2D eigenvalue weighted by atomic mass is 32.2. The Morgan fingerprint density at radius 3 is 1.94 bits per heavy atom. The van der Waals surface area contributed by atoms with Crippen LogP contribution in [-0.2, 0) is 10.0 Å². The molecule has 1 atom stereocenters. The number of nitrogens with zero attached hydrogens (tertiary/aromatic N) is 2. The van der Waals surface area contributed by atoms with Crippen LogP contribution in [0.3, 0.4) is 0 Å². The van der Waals surface area contributed by atoms with Crippen molar-refractivity contribution in [2.24, 2.45) is 0 Å². The molecule has 0 bridgehead atoms. The molecule has 0 N–H and O–H groups in total. The molecule has 0 saturated carbocycles. The minimum atomic E-state index is -5.01. The molecule has 34 heavy (non-hydrogen) atoms. The maximum atomic E-state index is 13.5. The van der Waals surface area contributed by atoms with Crippen LogP contribution in [0.5, 0.6) is 5.75 Å². The monoisotopic (exact) mass is 494 g/mol. The van der Waals surface area contributed by atoms with Crippen molar-refractivity contribution in [3.05, 3.63) is 95.8 Å². The Morgan fingerprint density at radius 2 is 1.32 bits per heavy atom. The molecule has 4 rings (SSSR count). The third-order valence-electron chi connectivity index (χ3n) is 5.63. The molecule has 3 aromatic carbocycles. The van der Waals surface area contributed by atoms with Gasteiger partial charge in [0.2, 0.25) is 10.0 Å². The van der Waals surface area contributed by atoms with Crippen LogP contribution in [0.1, 0.15) is 17.2 Å². The van der Waals surface area contributed by atoms with Crippen molar-refractivity contribution < 1.29 is 30.7 Å². The smallest absolute Gasteiger partial charge is 0.404 e. The molecule has 180 valence electrons. The van der Waals surface area contributed by atoms with Crippen LogP contribution in [-0.4, -0.2) is 50.2 Å². The first-order valence-corrected chi connectivity index (χ1v) is 12.0. The van der Waals surface area contributed by atoms with E-state index < -0.39 is 27.0 Å². The Kier molecular flexibility index (Phi) is 6.92. The molecule has 1 saturated heterocycles. The summed E-state index contributed by atoms with van der Waals surface area (Å²) >= 11 is 0. The van der Waals surface area contributed by atoms with Crippen molar-refractivity contribution in [2.45, 2.75) is 17.3 Å². The zero-order chi connectivity index (χ0) is 24.3. The van der Waals surface area contributed by atoms with Crippen molar-refractivity contribution in [3.8, 4) is 5.75 Å². The number of alkyl halides is 3. The zero-order valence-electron chi connectivity index (χ0n) is 18.0. The molecular formula is C24H22F4N2O3S. The van der Waals surface area contributed by atoms with E-state index in [1.54, 1.807) is 12.1 Å². The van der Waals surface area contributed by atoms with Gasteiger partial charge in [-0.15, -0.1) is 13.2 Å². The predicted molar refractivity (Wildman–Crippen MR) is 118 cm³/mol. The van der Waals surface area contributed by atoms with Gasteiger partial charge in [-0.1, -0.05) is 54.6 Å². The number of rotatable bonds is 6. The second kappa shape index (κ2) is 9.73. The van der Waals surface area contributed by atoms with Gasteiger partial charge in [0, 0.05) is 26.2 Å². The summed E-state index contributed by atoms with van der Waals surface area (Å²) in [5.41, 5.74) is 1.82. The summed E-state index contributed by atoms with van der Waals surface area (Å²) in [5, 5.41) is 0. The lowest BCUT2D eigenvalue weighted by atomic mass is 9.96. The maximum Gasteiger partial charge on any atom is 0.573 e.